The molecular weight excluding hydrogens is 244 g/mol. The van der Waals surface area contributed by atoms with Gasteiger partial charge in [0.2, 0.25) is 0 Å². The average Bonchev–Trinajstić information content (AvgIpc) is 2.17. The number of rotatable bonds is 2. The van der Waals surface area contributed by atoms with Gasteiger partial charge < -0.3 is 10.5 Å². The molecule has 1 aromatic heterocycles. The zero-order chi connectivity index (χ0) is 13.1. The van der Waals surface area contributed by atoms with E-state index in [9.17, 15) is 4.79 Å². The Morgan fingerprint density at radius 2 is 2.18 bits per heavy atom. The van der Waals surface area contributed by atoms with E-state index in [1.54, 1.807) is 26.8 Å². The Hall–Kier alpha value is -1.69. The summed E-state index contributed by atoms with van der Waals surface area (Å²) in [5.41, 5.74) is 10.7. The van der Waals surface area contributed by atoms with Crippen LogP contribution in [0.4, 0.5) is 16.2 Å². The van der Waals surface area contributed by atoms with E-state index in [0.717, 1.165) is 0 Å². The minimum Gasteiger partial charge on any atom is -0.443 e. The number of anilines is 2. The van der Waals surface area contributed by atoms with Crippen molar-refractivity contribution in [3.63, 3.8) is 0 Å². The lowest BCUT2D eigenvalue weighted by atomic mass is 10.2. The molecule has 0 unspecified atom stereocenters. The lowest BCUT2D eigenvalue weighted by Crippen LogP contribution is -2.35. The Bertz CT molecular complexity index is 417. The average molecular weight is 259 g/mol. The van der Waals surface area contributed by atoms with E-state index in [0.29, 0.717) is 11.4 Å². The fraction of sp³-hybridized carbons (Fsp3) is 0.400. The highest BCUT2D eigenvalue weighted by molar-refractivity contribution is 6.32. The first kappa shape index (κ1) is 13.4. The van der Waals surface area contributed by atoms with E-state index >= 15 is 0 Å². The van der Waals surface area contributed by atoms with E-state index in [2.05, 4.69) is 15.8 Å². The Morgan fingerprint density at radius 1 is 1.53 bits per heavy atom. The maximum Gasteiger partial charge on any atom is 0.426 e. The van der Waals surface area contributed by atoms with Gasteiger partial charge in [-0.15, -0.1) is 0 Å². The number of hydrogen-bond donors (Lipinski definition) is 3. The van der Waals surface area contributed by atoms with Gasteiger partial charge in [0.05, 0.1) is 17.6 Å². The van der Waals surface area contributed by atoms with Gasteiger partial charge in [-0.05, 0) is 26.8 Å². The largest absolute Gasteiger partial charge is 0.443 e. The molecule has 17 heavy (non-hydrogen) atoms. The van der Waals surface area contributed by atoms with Crippen molar-refractivity contribution < 1.29 is 9.53 Å². The maximum absolute atomic E-state index is 11.3. The van der Waals surface area contributed by atoms with Crippen LogP contribution in [0.25, 0.3) is 0 Å². The zero-order valence-electron chi connectivity index (χ0n) is 9.87. The normalized spacial score (nSPS) is 10.8. The van der Waals surface area contributed by atoms with Crippen molar-refractivity contribution in [2.24, 2.45) is 0 Å². The predicted molar refractivity (Wildman–Crippen MR) is 66.7 cm³/mol. The monoisotopic (exact) mass is 258 g/mol. The van der Waals surface area contributed by atoms with Crippen LogP contribution in [-0.2, 0) is 4.74 Å². The van der Waals surface area contributed by atoms with Crippen LogP contribution in [-0.4, -0.2) is 16.7 Å². The van der Waals surface area contributed by atoms with Crippen molar-refractivity contribution in [1.82, 2.24) is 10.4 Å². The maximum atomic E-state index is 11.3. The SMILES string of the molecule is CC(C)(C)OC(=O)NNc1cc(N)cnc1Cl. The lowest BCUT2D eigenvalue weighted by Gasteiger charge is -2.20. The van der Waals surface area contributed by atoms with Crippen LogP contribution in [0, 0.1) is 0 Å². The highest BCUT2D eigenvalue weighted by Crippen LogP contribution is 2.20. The molecule has 1 amide bonds. The molecule has 0 aliphatic heterocycles. The molecule has 0 saturated carbocycles. The molecule has 0 aromatic carbocycles. The summed E-state index contributed by atoms with van der Waals surface area (Å²) in [4.78, 5) is 15.2. The van der Waals surface area contributed by atoms with Gasteiger partial charge in [-0.25, -0.2) is 15.2 Å². The summed E-state index contributed by atoms with van der Waals surface area (Å²) in [5, 5.41) is 0.204. The fourth-order valence-corrected chi connectivity index (χ4v) is 1.12. The number of hydrogen-bond acceptors (Lipinski definition) is 5. The molecule has 1 rings (SSSR count). The third-order valence-corrected chi connectivity index (χ3v) is 1.86. The number of carbonyl (C=O) groups excluding carboxylic acids is 1. The van der Waals surface area contributed by atoms with Crippen LogP contribution in [0.5, 0.6) is 0 Å². The number of carbonyl (C=O) groups is 1. The summed E-state index contributed by atoms with van der Waals surface area (Å²) < 4.78 is 5.02. The predicted octanol–water partition coefficient (Wildman–Crippen LogP) is 2.17. The molecule has 0 fully saturated rings. The Balaban J connectivity index is 2.56. The summed E-state index contributed by atoms with van der Waals surface area (Å²) >= 11 is 5.79. The first-order valence-corrected chi connectivity index (χ1v) is 5.32. The molecule has 94 valence electrons. The van der Waals surface area contributed by atoms with Gasteiger partial charge in [0.15, 0.2) is 5.15 Å². The second-order valence-electron chi connectivity index (χ2n) is 4.36. The highest BCUT2D eigenvalue weighted by atomic mass is 35.5. The molecule has 0 bridgehead atoms. The van der Waals surface area contributed by atoms with Gasteiger partial charge in [0, 0.05) is 0 Å². The third-order valence-electron chi connectivity index (χ3n) is 1.56. The molecule has 6 nitrogen and oxygen atoms in total. The zero-order valence-corrected chi connectivity index (χ0v) is 10.6. The van der Waals surface area contributed by atoms with Gasteiger partial charge in [0.1, 0.15) is 5.60 Å². The van der Waals surface area contributed by atoms with Crippen molar-refractivity contribution in [1.29, 1.82) is 0 Å². The van der Waals surface area contributed by atoms with Gasteiger partial charge >= 0.3 is 6.09 Å². The number of nitrogens with two attached hydrogens (primary N) is 1. The van der Waals surface area contributed by atoms with Crippen molar-refractivity contribution in [2.45, 2.75) is 26.4 Å². The van der Waals surface area contributed by atoms with Crippen LogP contribution in [0.15, 0.2) is 12.3 Å². The van der Waals surface area contributed by atoms with Crippen LogP contribution in [0.2, 0.25) is 5.15 Å². The first-order valence-electron chi connectivity index (χ1n) is 4.94. The van der Waals surface area contributed by atoms with Crippen LogP contribution in [0.3, 0.4) is 0 Å². The second kappa shape index (κ2) is 5.09. The van der Waals surface area contributed by atoms with Gasteiger partial charge in [-0.1, -0.05) is 11.6 Å². The third kappa shape index (κ3) is 4.78. The minimum atomic E-state index is -0.615. The molecule has 7 heteroatoms. The molecule has 0 aliphatic carbocycles. The molecule has 0 saturated heterocycles. The second-order valence-corrected chi connectivity index (χ2v) is 4.72. The molecule has 4 N–H and O–H groups in total. The lowest BCUT2D eigenvalue weighted by molar-refractivity contribution is 0.0541. The van der Waals surface area contributed by atoms with Gasteiger partial charge in [0.25, 0.3) is 0 Å². The van der Waals surface area contributed by atoms with Crippen molar-refractivity contribution >= 4 is 29.1 Å². The van der Waals surface area contributed by atoms with Crippen LogP contribution < -0.4 is 16.6 Å². The minimum absolute atomic E-state index is 0.204. The molecule has 1 aromatic rings. The Kier molecular flexibility index (Phi) is 4.01. The molecule has 0 atom stereocenters. The standard InChI is InChI=1S/C10H15ClN4O2/c1-10(2,3)17-9(16)15-14-7-4-6(12)5-13-8(7)11/h4-5,14H,12H2,1-3H3,(H,15,16). The molecule has 0 radical (unpaired) electrons. The molecule has 1 heterocycles. The van der Waals surface area contributed by atoms with Gasteiger partial charge in [-0.2, -0.15) is 0 Å². The van der Waals surface area contributed by atoms with E-state index < -0.39 is 11.7 Å². The number of nitrogen functional groups attached to an aromatic ring is 1. The summed E-state index contributed by atoms with van der Waals surface area (Å²) in [6, 6.07) is 1.55. The number of hydrazine groups is 1. The van der Waals surface area contributed by atoms with Crippen LogP contribution >= 0.6 is 11.6 Å². The molecular formula is C10H15ClN4O2. The van der Waals surface area contributed by atoms with E-state index in [1.807, 2.05) is 0 Å². The first-order chi connectivity index (χ1) is 7.78. The number of nitrogens with one attached hydrogen (secondary N) is 2. The Labute approximate surface area is 104 Å². The fourth-order valence-electron chi connectivity index (χ4n) is 0.974. The van der Waals surface area contributed by atoms with E-state index in [4.69, 9.17) is 22.1 Å². The quantitative estimate of drug-likeness (QED) is 0.559. The van der Waals surface area contributed by atoms with Crippen molar-refractivity contribution in [3.05, 3.63) is 17.4 Å². The number of ether oxygens (including phenoxy) is 1. The smallest absolute Gasteiger partial charge is 0.426 e. The summed E-state index contributed by atoms with van der Waals surface area (Å²) in [7, 11) is 0. The highest BCUT2D eigenvalue weighted by Gasteiger charge is 2.16. The van der Waals surface area contributed by atoms with E-state index in [-0.39, 0.29) is 5.15 Å². The number of aromatic nitrogens is 1. The topological polar surface area (TPSA) is 89.3 Å². The number of nitrogens with zero attached hydrogens (tertiary/aromatic N) is 1. The summed E-state index contributed by atoms with van der Waals surface area (Å²) in [6.45, 7) is 5.30. The van der Waals surface area contributed by atoms with Crippen molar-refractivity contribution in [3.8, 4) is 0 Å². The van der Waals surface area contributed by atoms with Crippen molar-refractivity contribution in [2.75, 3.05) is 11.2 Å². The number of halogens is 1. The Morgan fingerprint density at radius 3 is 2.76 bits per heavy atom. The van der Waals surface area contributed by atoms with E-state index in [1.165, 1.54) is 6.20 Å². The molecule has 0 aliphatic rings. The van der Waals surface area contributed by atoms with Crippen LogP contribution in [0.1, 0.15) is 20.8 Å². The number of pyridine rings is 1. The summed E-state index contributed by atoms with van der Waals surface area (Å²) in [5.74, 6) is 0. The number of amides is 1. The van der Waals surface area contributed by atoms with Gasteiger partial charge in [-0.3, -0.25) is 5.43 Å². The summed E-state index contributed by atoms with van der Waals surface area (Å²) in [6.07, 6.45) is 0.803. The molecule has 0 spiro atoms.